The van der Waals surface area contributed by atoms with Gasteiger partial charge in [-0.3, -0.25) is 4.79 Å². The SMILES string of the molecule is Cc1cc(OC[C@@H]2c3ccsc3CCN2C(=O)CN(Cc2ccco2)S(=O)(=O)c2ccc(Cl)cc2)ccc1Cl. The average Bonchev–Trinajstić information content (AvgIpc) is 3.61. The first-order valence-corrected chi connectivity index (χ1v) is 15.3. The lowest BCUT2D eigenvalue weighted by atomic mass is 10.0. The number of hydrogen-bond acceptors (Lipinski definition) is 6. The van der Waals surface area contributed by atoms with E-state index in [4.69, 9.17) is 32.4 Å². The summed E-state index contributed by atoms with van der Waals surface area (Å²) in [6.45, 7) is 2.12. The van der Waals surface area contributed by atoms with Crippen LogP contribution in [-0.2, 0) is 27.8 Å². The van der Waals surface area contributed by atoms with Gasteiger partial charge in [-0.05, 0) is 90.5 Å². The number of halogens is 2. The summed E-state index contributed by atoms with van der Waals surface area (Å²) in [6, 6.07) is 16.3. The molecule has 2 aromatic carbocycles. The highest BCUT2D eigenvalue weighted by atomic mass is 35.5. The van der Waals surface area contributed by atoms with E-state index in [0.717, 1.165) is 15.4 Å². The summed E-state index contributed by atoms with van der Waals surface area (Å²) in [6.07, 6.45) is 2.16. The third-order valence-corrected chi connectivity index (χ3v) is 10.1. The van der Waals surface area contributed by atoms with Gasteiger partial charge in [0.25, 0.3) is 0 Å². The minimum absolute atomic E-state index is 0.0445. The number of amides is 1. The van der Waals surface area contributed by atoms with Crippen molar-refractivity contribution in [1.29, 1.82) is 0 Å². The Bertz CT molecular complexity index is 1550. The predicted molar refractivity (Wildman–Crippen MR) is 152 cm³/mol. The van der Waals surface area contributed by atoms with Crippen LogP contribution in [0.1, 0.15) is 27.8 Å². The molecule has 0 saturated carbocycles. The molecule has 11 heteroatoms. The van der Waals surface area contributed by atoms with Crippen LogP contribution in [0.4, 0.5) is 0 Å². The normalized spacial score (nSPS) is 15.4. The van der Waals surface area contributed by atoms with Gasteiger partial charge in [0.15, 0.2) is 0 Å². The van der Waals surface area contributed by atoms with Gasteiger partial charge in [0, 0.05) is 21.5 Å². The fourth-order valence-electron chi connectivity index (χ4n) is 4.56. The molecule has 0 N–H and O–H groups in total. The number of thiophene rings is 1. The van der Waals surface area contributed by atoms with Gasteiger partial charge in [-0.1, -0.05) is 23.2 Å². The van der Waals surface area contributed by atoms with Crippen molar-refractivity contribution in [2.45, 2.75) is 30.8 Å². The number of furan rings is 1. The predicted octanol–water partition coefficient (Wildman–Crippen LogP) is 6.35. The van der Waals surface area contributed by atoms with Crippen molar-refractivity contribution < 1.29 is 22.4 Å². The molecule has 204 valence electrons. The summed E-state index contributed by atoms with van der Waals surface area (Å²) in [5.74, 6) is 0.755. The Kier molecular flexibility index (Phi) is 8.35. The van der Waals surface area contributed by atoms with E-state index in [0.29, 0.717) is 34.5 Å². The Morgan fingerprint density at radius 1 is 1.15 bits per heavy atom. The smallest absolute Gasteiger partial charge is 0.243 e. The number of benzene rings is 2. The summed E-state index contributed by atoms with van der Waals surface area (Å²) >= 11 is 13.8. The molecule has 1 aliphatic heterocycles. The van der Waals surface area contributed by atoms with Gasteiger partial charge in [-0.25, -0.2) is 8.42 Å². The molecule has 4 aromatic rings. The van der Waals surface area contributed by atoms with E-state index in [1.54, 1.807) is 40.5 Å². The Balaban J connectivity index is 1.41. The molecule has 7 nitrogen and oxygen atoms in total. The molecule has 0 aliphatic carbocycles. The van der Waals surface area contributed by atoms with E-state index >= 15 is 0 Å². The number of sulfonamides is 1. The lowest BCUT2D eigenvalue weighted by molar-refractivity contribution is -0.135. The highest BCUT2D eigenvalue weighted by Gasteiger charge is 2.35. The molecule has 0 saturated heterocycles. The molecular formula is C28H26Cl2N2O5S2. The molecule has 3 heterocycles. The largest absolute Gasteiger partial charge is 0.491 e. The zero-order chi connectivity index (χ0) is 27.6. The monoisotopic (exact) mass is 604 g/mol. The van der Waals surface area contributed by atoms with Gasteiger partial charge in [0.1, 0.15) is 18.1 Å². The van der Waals surface area contributed by atoms with Crippen LogP contribution in [0.5, 0.6) is 5.75 Å². The van der Waals surface area contributed by atoms with Crippen molar-refractivity contribution >= 4 is 50.5 Å². The van der Waals surface area contributed by atoms with Gasteiger partial charge in [0.05, 0.1) is 30.3 Å². The number of carbonyl (C=O) groups excluding carboxylic acids is 1. The topological polar surface area (TPSA) is 80.1 Å². The second-order valence-electron chi connectivity index (χ2n) is 9.18. The van der Waals surface area contributed by atoms with Crippen molar-refractivity contribution in [2.24, 2.45) is 0 Å². The van der Waals surface area contributed by atoms with Crippen LogP contribution >= 0.6 is 34.5 Å². The maximum atomic E-state index is 13.8. The van der Waals surface area contributed by atoms with Gasteiger partial charge in [-0.15, -0.1) is 11.3 Å². The number of aryl methyl sites for hydroxylation is 1. The molecule has 2 aromatic heterocycles. The van der Waals surface area contributed by atoms with Crippen LogP contribution in [0, 0.1) is 6.92 Å². The molecule has 0 spiro atoms. The lowest BCUT2D eigenvalue weighted by Gasteiger charge is -2.37. The molecule has 1 amide bonds. The summed E-state index contributed by atoms with van der Waals surface area (Å²) in [4.78, 5) is 16.8. The number of hydrogen-bond donors (Lipinski definition) is 0. The number of fused-ring (bicyclic) bond motifs is 1. The van der Waals surface area contributed by atoms with Crippen molar-refractivity contribution in [3.05, 3.63) is 104 Å². The molecule has 0 fully saturated rings. The molecule has 39 heavy (non-hydrogen) atoms. The third-order valence-electron chi connectivity index (χ3n) is 6.63. The maximum Gasteiger partial charge on any atom is 0.243 e. The first-order chi connectivity index (χ1) is 18.7. The van der Waals surface area contributed by atoms with E-state index < -0.39 is 10.0 Å². The standard InChI is InChI=1S/C28H26Cl2N2O5S2/c1-19-15-21(6-9-25(19)30)37-18-26-24-11-14-38-27(24)10-12-32(26)28(33)17-31(16-22-3-2-13-36-22)39(34,35)23-7-4-20(29)5-8-23/h2-9,11,13-15,26H,10,12,16-18H2,1H3/t26-/m1/s1. The molecule has 5 rings (SSSR count). The Morgan fingerprint density at radius 2 is 1.95 bits per heavy atom. The van der Waals surface area contributed by atoms with Crippen molar-refractivity contribution in [3.8, 4) is 5.75 Å². The summed E-state index contributed by atoms with van der Waals surface area (Å²) in [5, 5.41) is 3.07. The number of nitrogens with zero attached hydrogens (tertiary/aromatic N) is 2. The molecule has 1 atom stereocenters. The van der Waals surface area contributed by atoms with Crippen molar-refractivity contribution in [2.75, 3.05) is 19.7 Å². The van der Waals surface area contributed by atoms with Crippen LogP contribution < -0.4 is 4.74 Å². The Morgan fingerprint density at radius 3 is 2.67 bits per heavy atom. The molecule has 1 aliphatic rings. The Labute approximate surface area is 241 Å². The van der Waals surface area contributed by atoms with Crippen LogP contribution in [0.25, 0.3) is 0 Å². The lowest BCUT2D eigenvalue weighted by Crippen LogP contribution is -2.47. The highest BCUT2D eigenvalue weighted by Crippen LogP contribution is 2.35. The van der Waals surface area contributed by atoms with Crippen molar-refractivity contribution in [3.63, 3.8) is 0 Å². The number of carbonyl (C=O) groups is 1. The molecule has 0 radical (unpaired) electrons. The fraction of sp³-hybridized carbons (Fsp3) is 0.250. The van der Waals surface area contributed by atoms with Gasteiger partial charge in [0.2, 0.25) is 15.9 Å². The van der Waals surface area contributed by atoms with E-state index in [-0.39, 0.29) is 36.5 Å². The fourth-order valence-corrected chi connectivity index (χ4v) is 7.08. The summed E-state index contributed by atoms with van der Waals surface area (Å²) in [5.41, 5.74) is 1.91. The molecule has 0 bridgehead atoms. The van der Waals surface area contributed by atoms with E-state index in [2.05, 4.69) is 0 Å². The summed E-state index contributed by atoms with van der Waals surface area (Å²) in [7, 11) is -4.03. The third kappa shape index (κ3) is 6.18. The second kappa shape index (κ2) is 11.7. The van der Waals surface area contributed by atoms with Crippen molar-refractivity contribution in [1.82, 2.24) is 9.21 Å². The van der Waals surface area contributed by atoms with Gasteiger partial charge in [-0.2, -0.15) is 4.31 Å². The van der Waals surface area contributed by atoms with Crippen LogP contribution in [-0.4, -0.2) is 43.2 Å². The zero-order valence-corrected chi connectivity index (χ0v) is 24.2. The van der Waals surface area contributed by atoms with E-state index in [1.165, 1.54) is 35.4 Å². The first-order valence-electron chi connectivity index (χ1n) is 12.2. The average molecular weight is 606 g/mol. The number of rotatable bonds is 9. The zero-order valence-electron chi connectivity index (χ0n) is 21.0. The molecular weight excluding hydrogens is 579 g/mol. The minimum Gasteiger partial charge on any atom is -0.491 e. The Hall–Kier alpha value is -2.82. The highest BCUT2D eigenvalue weighted by molar-refractivity contribution is 7.89. The summed E-state index contributed by atoms with van der Waals surface area (Å²) < 4.78 is 39.9. The quantitative estimate of drug-likeness (QED) is 0.222. The van der Waals surface area contributed by atoms with E-state index in [1.807, 2.05) is 24.4 Å². The van der Waals surface area contributed by atoms with Gasteiger partial charge >= 0.3 is 0 Å². The minimum atomic E-state index is -4.03. The molecule has 0 unspecified atom stereocenters. The van der Waals surface area contributed by atoms with Crippen LogP contribution in [0.2, 0.25) is 10.0 Å². The second-order valence-corrected chi connectivity index (χ2v) is 13.0. The maximum absolute atomic E-state index is 13.8. The van der Waals surface area contributed by atoms with Crippen LogP contribution in [0.3, 0.4) is 0 Å². The first kappa shape index (κ1) is 27.7. The van der Waals surface area contributed by atoms with Gasteiger partial charge < -0.3 is 14.1 Å². The number of ether oxygens (including phenoxy) is 1. The van der Waals surface area contributed by atoms with Crippen LogP contribution in [0.15, 0.2) is 81.6 Å². The van der Waals surface area contributed by atoms with E-state index in [9.17, 15) is 13.2 Å².